The van der Waals surface area contributed by atoms with Crippen LogP contribution in [0.4, 0.5) is 0 Å². The van der Waals surface area contributed by atoms with Gasteiger partial charge < -0.3 is 17.2 Å². The highest BCUT2D eigenvalue weighted by atomic mass is 32.2. The van der Waals surface area contributed by atoms with E-state index in [1.807, 2.05) is 29.0 Å². The van der Waals surface area contributed by atoms with Crippen LogP contribution in [0.3, 0.4) is 0 Å². The summed E-state index contributed by atoms with van der Waals surface area (Å²) in [6.45, 7) is 0. The van der Waals surface area contributed by atoms with Gasteiger partial charge in [0.15, 0.2) is 0 Å². The topological polar surface area (TPSA) is 91.0 Å². The largest absolute Gasteiger partial charge is 0.404 e. The highest BCUT2D eigenvalue weighted by Gasteiger charge is 2.20. The molecule has 0 aliphatic rings. The summed E-state index contributed by atoms with van der Waals surface area (Å²) < 4.78 is 0. The van der Waals surface area contributed by atoms with Gasteiger partial charge in [0.25, 0.3) is 0 Å². The smallest absolute Gasteiger partial charge is 0.139 e. The average molecular weight is 613 g/mol. The number of allylic oxidation sites excluding steroid dienone is 6. The minimum atomic E-state index is 0.667. The number of benzene rings is 4. The summed E-state index contributed by atoms with van der Waals surface area (Å²) >= 11 is 3.12. The Labute approximate surface area is 268 Å². The SMILES string of the molecule is N/C=C\SC/C(N)=C/C=C\Cc1c(-c2ccccc2)c(-c2ccccc2)c(C/C=C\C=C(/N)c2nccs2)c2ccccc12. The van der Waals surface area contributed by atoms with Gasteiger partial charge in [0, 0.05) is 29.2 Å². The van der Waals surface area contributed by atoms with Crippen molar-refractivity contribution < 1.29 is 0 Å². The number of fused-ring (bicyclic) bond motifs is 1. The first-order valence-electron chi connectivity index (χ1n) is 14.5. The third-order valence-electron chi connectivity index (χ3n) is 7.16. The molecule has 5 aromatic rings. The van der Waals surface area contributed by atoms with E-state index < -0.39 is 0 Å². The zero-order valence-electron chi connectivity index (χ0n) is 24.5. The van der Waals surface area contributed by atoms with Crippen LogP contribution in [-0.4, -0.2) is 10.7 Å². The van der Waals surface area contributed by atoms with Gasteiger partial charge in [-0.1, -0.05) is 109 Å². The normalized spacial score (nSPS) is 12.7. The quantitative estimate of drug-likeness (QED) is 0.122. The van der Waals surface area contributed by atoms with Crippen molar-refractivity contribution in [2.45, 2.75) is 12.8 Å². The first kappa shape index (κ1) is 30.7. The number of hydrogen-bond donors (Lipinski definition) is 3. The molecule has 6 heteroatoms. The molecule has 0 radical (unpaired) electrons. The minimum absolute atomic E-state index is 0.667. The predicted molar refractivity (Wildman–Crippen MR) is 193 cm³/mol. The molecule has 0 unspecified atom stereocenters. The molecule has 1 heterocycles. The molecule has 0 saturated carbocycles. The van der Waals surface area contributed by atoms with Crippen molar-refractivity contribution in [1.29, 1.82) is 0 Å². The minimum Gasteiger partial charge on any atom is -0.404 e. The lowest BCUT2D eigenvalue weighted by molar-refractivity contribution is 1.25. The third kappa shape index (κ3) is 7.59. The second-order valence-corrected chi connectivity index (χ2v) is 11.9. The van der Waals surface area contributed by atoms with E-state index in [2.05, 4.69) is 108 Å². The van der Waals surface area contributed by atoms with Crippen molar-refractivity contribution in [1.82, 2.24) is 4.98 Å². The van der Waals surface area contributed by atoms with Crippen LogP contribution in [0.25, 0.3) is 38.7 Å². The van der Waals surface area contributed by atoms with Crippen LogP contribution in [0.15, 0.2) is 150 Å². The molecular weight excluding hydrogens is 577 g/mol. The van der Waals surface area contributed by atoms with Gasteiger partial charge in [0.2, 0.25) is 0 Å². The van der Waals surface area contributed by atoms with E-state index in [1.165, 1.54) is 61.7 Å². The molecule has 44 heavy (non-hydrogen) atoms. The summed E-state index contributed by atoms with van der Waals surface area (Å²) in [5.74, 6) is 0.696. The molecule has 0 bridgehead atoms. The Bertz CT molecular complexity index is 1820. The predicted octanol–water partition coefficient (Wildman–Crippen LogP) is 8.83. The molecule has 4 aromatic carbocycles. The summed E-state index contributed by atoms with van der Waals surface area (Å²) in [5, 5.41) is 7.10. The maximum absolute atomic E-state index is 6.29. The Morgan fingerprint density at radius 1 is 0.727 bits per heavy atom. The van der Waals surface area contributed by atoms with Crippen molar-refractivity contribution >= 4 is 39.6 Å². The Morgan fingerprint density at radius 2 is 1.27 bits per heavy atom. The van der Waals surface area contributed by atoms with Crippen molar-refractivity contribution in [3.63, 3.8) is 0 Å². The number of hydrogen-bond acceptors (Lipinski definition) is 6. The van der Waals surface area contributed by atoms with E-state index in [1.54, 1.807) is 18.0 Å². The summed E-state index contributed by atoms with van der Waals surface area (Å²) in [5.41, 5.74) is 26.9. The van der Waals surface area contributed by atoms with E-state index in [0.29, 0.717) is 11.4 Å². The fourth-order valence-corrected chi connectivity index (χ4v) is 6.34. The van der Waals surface area contributed by atoms with Crippen LogP contribution in [-0.2, 0) is 12.8 Å². The molecule has 0 amide bonds. The second-order valence-electron chi connectivity index (χ2n) is 10.1. The molecule has 6 N–H and O–H groups in total. The van der Waals surface area contributed by atoms with Gasteiger partial charge in [-0.2, -0.15) is 0 Å². The number of rotatable bonds is 12. The van der Waals surface area contributed by atoms with Crippen LogP contribution < -0.4 is 17.2 Å². The molecule has 5 rings (SSSR count). The van der Waals surface area contributed by atoms with Crippen molar-refractivity contribution in [2.24, 2.45) is 17.2 Å². The van der Waals surface area contributed by atoms with Crippen LogP contribution in [0.1, 0.15) is 16.1 Å². The summed E-state index contributed by atoms with van der Waals surface area (Å²) in [6, 6.07) is 30.2. The van der Waals surface area contributed by atoms with Crippen LogP contribution in [0.5, 0.6) is 0 Å². The lowest BCUT2D eigenvalue weighted by Gasteiger charge is -2.23. The van der Waals surface area contributed by atoms with Gasteiger partial charge >= 0.3 is 0 Å². The van der Waals surface area contributed by atoms with Gasteiger partial charge in [0.1, 0.15) is 5.01 Å². The Balaban J connectivity index is 1.65. The Morgan fingerprint density at radius 3 is 1.80 bits per heavy atom. The van der Waals surface area contributed by atoms with E-state index in [9.17, 15) is 0 Å². The molecule has 0 spiro atoms. The summed E-state index contributed by atoms with van der Waals surface area (Å²) in [7, 11) is 0. The van der Waals surface area contributed by atoms with Crippen LogP contribution in [0.2, 0.25) is 0 Å². The highest BCUT2D eigenvalue weighted by Crippen LogP contribution is 2.43. The molecule has 4 nitrogen and oxygen atoms in total. The van der Waals surface area contributed by atoms with Gasteiger partial charge in [-0.3, -0.25) is 0 Å². The lowest BCUT2D eigenvalue weighted by atomic mass is 9.81. The zero-order valence-corrected chi connectivity index (χ0v) is 26.1. The molecule has 220 valence electrons. The Kier molecular flexibility index (Phi) is 10.9. The molecule has 0 fully saturated rings. The number of nitrogens with two attached hydrogens (primary N) is 3. The first-order valence-corrected chi connectivity index (χ1v) is 16.4. The van der Waals surface area contributed by atoms with Crippen molar-refractivity contribution in [2.75, 3.05) is 5.75 Å². The second kappa shape index (κ2) is 15.6. The molecular formula is C38H36N4S2. The summed E-state index contributed by atoms with van der Waals surface area (Å²) in [6.07, 6.45) is 17.2. The van der Waals surface area contributed by atoms with Gasteiger partial charge in [-0.15, -0.1) is 23.1 Å². The van der Waals surface area contributed by atoms with E-state index in [0.717, 1.165) is 23.5 Å². The molecule has 0 saturated heterocycles. The Hall–Kier alpha value is -4.78. The molecule has 0 aliphatic carbocycles. The van der Waals surface area contributed by atoms with E-state index in [4.69, 9.17) is 17.2 Å². The first-order chi connectivity index (χ1) is 21.7. The number of aromatic nitrogens is 1. The van der Waals surface area contributed by atoms with Crippen LogP contribution >= 0.6 is 23.1 Å². The summed E-state index contributed by atoms with van der Waals surface area (Å²) in [4.78, 5) is 4.33. The maximum atomic E-state index is 6.29. The van der Waals surface area contributed by atoms with Gasteiger partial charge in [0.05, 0.1) is 5.70 Å². The lowest BCUT2D eigenvalue weighted by Crippen LogP contribution is -2.01. The van der Waals surface area contributed by atoms with E-state index in [-0.39, 0.29) is 0 Å². The maximum Gasteiger partial charge on any atom is 0.139 e. The fraction of sp³-hybridized carbons (Fsp3) is 0.0789. The third-order valence-corrected chi connectivity index (χ3v) is 8.83. The monoisotopic (exact) mass is 612 g/mol. The van der Waals surface area contributed by atoms with Crippen molar-refractivity contribution in [3.8, 4) is 22.3 Å². The standard InChI is InChI=1S/C38H36N4S2/c39-23-25-43-27-30(40)17-7-8-20-33-31-18-9-10-19-32(31)34(21-11-12-22-35(41)38-42-24-26-44-38)37(29-15-5-2-6-16-29)36(33)28-13-3-1-4-14-28/h1-19,22-26H,20-21,27,39-41H2/b8-7-,12-11-,25-23-,30-17-,35-22-. The number of thioether (sulfide) groups is 1. The molecule has 1 aromatic heterocycles. The zero-order chi connectivity index (χ0) is 30.6. The number of nitrogens with zero attached hydrogens (tertiary/aromatic N) is 1. The molecule has 0 aliphatic heterocycles. The highest BCUT2D eigenvalue weighted by molar-refractivity contribution is 8.02. The number of thiazole rings is 1. The average Bonchev–Trinajstić information content (AvgIpc) is 3.61. The van der Waals surface area contributed by atoms with Crippen LogP contribution in [0, 0.1) is 0 Å². The van der Waals surface area contributed by atoms with Gasteiger partial charge in [-0.05, 0) is 74.6 Å². The van der Waals surface area contributed by atoms with E-state index >= 15 is 0 Å². The van der Waals surface area contributed by atoms with Crippen molar-refractivity contribution in [3.05, 3.63) is 166 Å². The molecule has 0 atom stereocenters. The fourth-order valence-electron chi connectivity index (χ4n) is 5.27. The van der Waals surface area contributed by atoms with Gasteiger partial charge in [-0.25, -0.2) is 4.98 Å².